The Balaban J connectivity index is 0.00000240. The number of rotatable bonds is 5. The number of hydrogen-bond acceptors (Lipinski definition) is 4. The van der Waals surface area contributed by atoms with Crippen molar-refractivity contribution in [2.75, 3.05) is 31.6 Å². The monoisotopic (exact) mass is 447 g/mol. The first-order valence-electron chi connectivity index (χ1n) is 10.2. The van der Waals surface area contributed by atoms with E-state index in [1.54, 1.807) is 0 Å². The van der Waals surface area contributed by atoms with Gasteiger partial charge in [-0.1, -0.05) is 6.07 Å². The molecule has 2 aliphatic carbocycles. The number of amides is 2. The average Bonchev–Trinajstić information content (AvgIpc) is 3.31. The van der Waals surface area contributed by atoms with E-state index in [2.05, 4.69) is 16.1 Å². The zero-order chi connectivity index (χ0) is 19.7. The van der Waals surface area contributed by atoms with Crippen LogP contribution in [0.4, 0.5) is 14.9 Å². The second kappa shape index (κ2) is 10.1. The Morgan fingerprint density at radius 2 is 1.69 bits per heavy atom. The van der Waals surface area contributed by atoms with Gasteiger partial charge in [-0.3, -0.25) is 4.79 Å². The summed E-state index contributed by atoms with van der Waals surface area (Å²) in [7, 11) is -3.88. The van der Waals surface area contributed by atoms with Crippen LogP contribution in [0.2, 0.25) is 0 Å². The van der Waals surface area contributed by atoms with E-state index in [1.807, 2.05) is 4.90 Å². The number of anilines is 1. The summed E-state index contributed by atoms with van der Waals surface area (Å²) in [6.45, 7) is 0.930. The zero-order valence-electron chi connectivity index (χ0n) is 17.0. The van der Waals surface area contributed by atoms with Crippen LogP contribution >= 0.6 is 0 Å². The molecule has 4 rings (SSSR count). The molecule has 0 aromatic heterocycles. The molecule has 0 saturated carbocycles. The van der Waals surface area contributed by atoms with Gasteiger partial charge in [0.05, 0.1) is 5.25 Å². The Morgan fingerprint density at radius 1 is 1.10 bits per heavy atom. The van der Waals surface area contributed by atoms with Crippen molar-refractivity contribution in [3.8, 4) is 0 Å². The first-order valence-corrected chi connectivity index (χ1v) is 11.7. The summed E-state index contributed by atoms with van der Waals surface area (Å²) < 4.78 is 41.2. The minimum absolute atomic E-state index is 0. The summed E-state index contributed by atoms with van der Waals surface area (Å²) in [6, 6.07) is 1.47. The van der Waals surface area contributed by atoms with Crippen LogP contribution < -0.4 is 56.7 Å². The third-order valence-corrected chi connectivity index (χ3v) is 8.01. The van der Waals surface area contributed by atoms with Crippen molar-refractivity contribution in [2.24, 2.45) is 0 Å². The van der Waals surface area contributed by atoms with Crippen LogP contribution in [-0.2, 0) is 35.7 Å². The number of benzene rings is 1. The third kappa shape index (κ3) is 5.24. The molecule has 6 nitrogen and oxygen atoms in total. The van der Waals surface area contributed by atoms with Crippen molar-refractivity contribution >= 4 is 21.7 Å². The van der Waals surface area contributed by atoms with E-state index in [9.17, 15) is 17.6 Å². The smallest absolute Gasteiger partial charge is 0.423 e. The minimum atomic E-state index is -3.88. The number of carbonyl (C=O) groups is 1. The fourth-order valence-electron chi connectivity index (χ4n) is 4.84. The molecule has 1 aromatic rings. The standard InChI is InChI=1S/C20H28FN3O3S.K/c21-9-12-24-10-7-16(8-11-24)28(26,27)23-20(25)22-19-17-5-1-3-14(17)13-15-4-2-6-18(15)19;/h13,16H,1-12H2,(H2,22,23,25);/q;+1/p-1. The molecule has 2 amide bonds. The van der Waals surface area contributed by atoms with Crippen molar-refractivity contribution in [2.45, 2.75) is 56.6 Å². The maximum Gasteiger partial charge on any atom is 1.00 e. The van der Waals surface area contributed by atoms with Crippen LogP contribution in [0.3, 0.4) is 0 Å². The van der Waals surface area contributed by atoms with Crippen molar-refractivity contribution in [3.63, 3.8) is 0 Å². The van der Waals surface area contributed by atoms with Crippen LogP contribution in [0.25, 0.3) is 4.72 Å². The van der Waals surface area contributed by atoms with Gasteiger partial charge in [-0.15, -0.1) is 0 Å². The van der Waals surface area contributed by atoms with E-state index in [-0.39, 0.29) is 51.4 Å². The first kappa shape index (κ1) is 23.6. The summed E-state index contributed by atoms with van der Waals surface area (Å²) >= 11 is 0. The second-order valence-corrected chi connectivity index (χ2v) is 9.88. The average molecular weight is 448 g/mol. The number of nitrogens with one attached hydrogen (secondary N) is 1. The number of alkyl halides is 1. The number of likely N-dealkylation sites (tertiary alicyclic amines) is 1. The molecule has 1 aliphatic heterocycles. The molecule has 1 heterocycles. The normalized spacial score (nSPS) is 19.3. The Morgan fingerprint density at radius 3 is 2.24 bits per heavy atom. The molecule has 1 N–H and O–H groups in total. The van der Waals surface area contributed by atoms with Gasteiger partial charge in [-0.2, -0.15) is 0 Å². The fraction of sp³-hybridized carbons (Fsp3) is 0.650. The zero-order valence-corrected chi connectivity index (χ0v) is 21.0. The van der Waals surface area contributed by atoms with Crippen molar-refractivity contribution in [3.05, 3.63) is 33.0 Å². The summed E-state index contributed by atoms with van der Waals surface area (Å²) in [4.78, 5) is 14.4. The molecule has 0 atom stereocenters. The predicted octanol–water partition coefficient (Wildman–Crippen LogP) is 0.337. The molecule has 3 aliphatic rings. The molecular formula is C20H27FKN3O3S. The third-order valence-electron chi connectivity index (χ3n) is 6.27. The second-order valence-electron chi connectivity index (χ2n) is 8.00. The number of halogens is 1. The van der Waals surface area contributed by atoms with E-state index in [0.717, 1.165) is 55.3 Å². The van der Waals surface area contributed by atoms with Crippen LogP contribution in [-0.4, -0.2) is 50.9 Å². The number of fused-ring (bicyclic) bond motifs is 2. The van der Waals surface area contributed by atoms with E-state index < -0.39 is 28.0 Å². The van der Waals surface area contributed by atoms with Gasteiger partial charge in [-0.25, -0.2) is 12.8 Å². The summed E-state index contributed by atoms with van der Waals surface area (Å²) in [5.74, 6) is 0. The van der Waals surface area contributed by atoms with Gasteiger partial charge in [0.1, 0.15) is 6.67 Å². The van der Waals surface area contributed by atoms with E-state index >= 15 is 0 Å². The van der Waals surface area contributed by atoms with Crippen LogP contribution in [0.5, 0.6) is 0 Å². The summed E-state index contributed by atoms with van der Waals surface area (Å²) in [5, 5.41) is 2.16. The summed E-state index contributed by atoms with van der Waals surface area (Å²) in [5.41, 5.74) is 5.67. The Kier molecular flexibility index (Phi) is 8.19. The molecule has 1 fully saturated rings. The molecule has 0 unspecified atom stereocenters. The predicted molar refractivity (Wildman–Crippen MR) is 107 cm³/mol. The molecule has 154 valence electrons. The first-order chi connectivity index (χ1) is 13.5. The molecule has 1 saturated heterocycles. The molecular weight excluding hydrogens is 420 g/mol. The molecule has 29 heavy (non-hydrogen) atoms. The molecule has 0 spiro atoms. The van der Waals surface area contributed by atoms with E-state index in [4.69, 9.17) is 0 Å². The van der Waals surface area contributed by atoms with E-state index in [0.29, 0.717) is 32.5 Å². The van der Waals surface area contributed by atoms with Gasteiger partial charge >= 0.3 is 51.4 Å². The molecule has 1 aromatic carbocycles. The minimum Gasteiger partial charge on any atom is -0.423 e. The molecule has 9 heteroatoms. The Bertz CT molecular complexity index is 838. The summed E-state index contributed by atoms with van der Waals surface area (Å²) in [6.07, 6.45) is 6.75. The Hall–Kier alpha value is -0.0336. The van der Waals surface area contributed by atoms with Crippen LogP contribution in [0.1, 0.15) is 47.9 Å². The number of nitrogens with zero attached hydrogens (tertiary/aromatic N) is 2. The number of piperidine rings is 1. The van der Waals surface area contributed by atoms with Gasteiger partial charge in [0.2, 0.25) is 0 Å². The number of hydrogen-bond donors (Lipinski definition) is 1. The Labute approximate surface area is 214 Å². The maximum atomic E-state index is 12.6. The van der Waals surface area contributed by atoms with Crippen LogP contribution in [0, 0.1) is 0 Å². The SMILES string of the molecule is O=C([N-]S(=O)(=O)C1CCN(CCF)CC1)Nc1c2c(cc3c1CCC3)CCC2.[K+]. The quantitative estimate of drug-likeness (QED) is 0.660. The van der Waals surface area contributed by atoms with Crippen molar-refractivity contribution in [1.29, 1.82) is 0 Å². The topological polar surface area (TPSA) is 80.6 Å². The molecule has 0 radical (unpaired) electrons. The largest absolute Gasteiger partial charge is 1.00 e. The number of aryl methyl sites for hydroxylation is 2. The van der Waals surface area contributed by atoms with E-state index in [1.165, 1.54) is 11.1 Å². The number of urea groups is 1. The van der Waals surface area contributed by atoms with Crippen molar-refractivity contribution in [1.82, 2.24) is 4.90 Å². The van der Waals surface area contributed by atoms with Gasteiger partial charge in [0.15, 0.2) is 16.1 Å². The van der Waals surface area contributed by atoms with Gasteiger partial charge < -0.3 is 14.9 Å². The van der Waals surface area contributed by atoms with Gasteiger partial charge in [0, 0.05) is 6.54 Å². The van der Waals surface area contributed by atoms with Gasteiger partial charge in [-0.05, 0) is 92.4 Å². The van der Waals surface area contributed by atoms with Crippen LogP contribution in [0.15, 0.2) is 6.07 Å². The fourth-order valence-corrected chi connectivity index (χ4v) is 6.07. The number of carbonyl (C=O) groups excluding carboxylic acids is 1. The van der Waals surface area contributed by atoms with Crippen molar-refractivity contribution < 1.29 is 69.0 Å². The molecule has 0 bridgehead atoms. The van der Waals surface area contributed by atoms with Gasteiger partial charge in [0.25, 0.3) is 0 Å². The maximum absolute atomic E-state index is 12.6. The number of sulfonamides is 1.